The van der Waals surface area contributed by atoms with Crippen molar-refractivity contribution in [3.63, 3.8) is 0 Å². The van der Waals surface area contributed by atoms with E-state index in [-0.39, 0.29) is 5.91 Å². The van der Waals surface area contributed by atoms with Gasteiger partial charge in [-0.3, -0.25) is 4.79 Å². The van der Waals surface area contributed by atoms with Crippen molar-refractivity contribution < 1.29 is 4.79 Å². The Hall–Kier alpha value is -1.23. The summed E-state index contributed by atoms with van der Waals surface area (Å²) < 4.78 is 0. The first-order chi connectivity index (χ1) is 9.60. The largest absolute Gasteiger partial charge is 0.363 e. The van der Waals surface area contributed by atoms with Gasteiger partial charge >= 0.3 is 0 Å². The van der Waals surface area contributed by atoms with Crippen molar-refractivity contribution in [1.29, 1.82) is 0 Å². The fourth-order valence-corrected chi connectivity index (χ4v) is 3.39. The minimum absolute atomic E-state index is 0.0160. The zero-order chi connectivity index (χ0) is 14.5. The average molecular weight is 293 g/mol. The number of pyridine rings is 1. The van der Waals surface area contributed by atoms with Crippen LogP contribution >= 0.6 is 11.8 Å². The zero-order valence-corrected chi connectivity index (χ0v) is 13.2. The molecule has 2 rings (SSSR count). The third kappa shape index (κ3) is 3.88. The van der Waals surface area contributed by atoms with E-state index in [1.54, 1.807) is 12.3 Å². The van der Waals surface area contributed by atoms with Crippen LogP contribution < -0.4 is 10.2 Å². The van der Waals surface area contributed by atoms with Crippen LogP contribution in [0.1, 0.15) is 36.0 Å². The number of rotatable bonds is 4. The van der Waals surface area contributed by atoms with Gasteiger partial charge in [0.2, 0.25) is 0 Å². The molecule has 110 valence electrons. The Balaban J connectivity index is 1.99. The van der Waals surface area contributed by atoms with Crippen LogP contribution in [-0.4, -0.2) is 42.5 Å². The topological polar surface area (TPSA) is 45.2 Å². The van der Waals surface area contributed by atoms with E-state index >= 15 is 0 Å². The summed E-state index contributed by atoms with van der Waals surface area (Å²) >= 11 is 1.91. The molecule has 1 aliphatic carbocycles. The highest BCUT2D eigenvalue weighted by atomic mass is 32.2. The maximum absolute atomic E-state index is 12.3. The number of thioether (sulfide) groups is 1. The summed E-state index contributed by atoms with van der Waals surface area (Å²) in [7, 11) is 3.85. The molecule has 0 saturated heterocycles. The summed E-state index contributed by atoms with van der Waals surface area (Å²) in [6, 6.07) is 3.92. The molecule has 0 aromatic carbocycles. The highest BCUT2D eigenvalue weighted by molar-refractivity contribution is 7.99. The van der Waals surface area contributed by atoms with Crippen molar-refractivity contribution in [2.24, 2.45) is 0 Å². The monoisotopic (exact) mass is 293 g/mol. The van der Waals surface area contributed by atoms with Crippen molar-refractivity contribution in [2.75, 3.05) is 25.3 Å². The first-order valence-electron chi connectivity index (χ1n) is 7.07. The average Bonchev–Trinajstić information content (AvgIpc) is 2.47. The number of nitrogens with zero attached hydrogens (tertiary/aromatic N) is 2. The first kappa shape index (κ1) is 15.2. The number of nitrogens with one attached hydrogen (secondary N) is 1. The molecule has 0 spiro atoms. The van der Waals surface area contributed by atoms with Crippen molar-refractivity contribution in [3.05, 3.63) is 23.9 Å². The van der Waals surface area contributed by atoms with E-state index in [1.165, 1.54) is 12.8 Å². The van der Waals surface area contributed by atoms with Gasteiger partial charge in [0, 0.05) is 37.1 Å². The van der Waals surface area contributed by atoms with Crippen LogP contribution in [0.2, 0.25) is 0 Å². The Morgan fingerprint density at radius 2 is 2.25 bits per heavy atom. The van der Waals surface area contributed by atoms with E-state index in [1.807, 2.05) is 36.8 Å². The van der Waals surface area contributed by atoms with E-state index < -0.39 is 0 Å². The summed E-state index contributed by atoms with van der Waals surface area (Å²) in [5.41, 5.74) is 0.690. The molecule has 1 amide bonds. The molecule has 0 bridgehead atoms. The van der Waals surface area contributed by atoms with E-state index in [0.29, 0.717) is 16.9 Å². The first-order valence-corrected chi connectivity index (χ1v) is 8.36. The lowest BCUT2D eigenvalue weighted by atomic mass is 9.94. The summed E-state index contributed by atoms with van der Waals surface area (Å²) in [5.74, 6) is 0.825. The summed E-state index contributed by atoms with van der Waals surface area (Å²) in [5, 5.41) is 3.85. The van der Waals surface area contributed by atoms with Gasteiger partial charge in [-0.05, 0) is 37.7 Å². The second-order valence-corrected chi connectivity index (χ2v) is 6.63. The van der Waals surface area contributed by atoms with E-state index in [2.05, 4.69) is 16.6 Å². The number of hydrogen-bond acceptors (Lipinski definition) is 4. The van der Waals surface area contributed by atoms with E-state index in [9.17, 15) is 4.79 Å². The van der Waals surface area contributed by atoms with Gasteiger partial charge in [-0.15, -0.1) is 0 Å². The lowest BCUT2D eigenvalue weighted by molar-refractivity contribution is 0.0928. The van der Waals surface area contributed by atoms with Gasteiger partial charge in [0.15, 0.2) is 0 Å². The lowest BCUT2D eigenvalue weighted by Crippen LogP contribution is -2.39. The highest BCUT2D eigenvalue weighted by Gasteiger charge is 2.23. The smallest absolute Gasteiger partial charge is 0.251 e. The lowest BCUT2D eigenvalue weighted by Gasteiger charge is -2.28. The molecule has 1 aromatic rings. The Morgan fingerprint density at radius 1 is 1.45 bits per heavy atom. The molecule has 0 unspecified atom stereocenters. The summed E-state index contributed by atoms with van der Waals surface area (Å²) in [4.78, 5) is 18.5. The number of amides is 1. The van der Waals surface area contributed by atoms with Gasteiger partial charge in [0.05, 0.1) is 0 Å². The number of carbonyl (C=O) groups excluding carboxylic acids is 1. The molecular weight excluding hydrogens is 270 g/mol. The van der Waals surface area contributed by atoms with Crippen molar-refractivity contribution in [1.82, 2.24) is 10.3 Å². The minimum Gasteiger partial charge on any atom is -0.363 e. The highest BCUT2D eigenvalue weighted by Crippen LogP contribution is 2.27. The zero-order valence-electron chi connectivity index (χ0n) is 12.4. The molecule has 5 heteroatoms. The van der Waals surface area contributed by atoms with Crippen LogP contribution in [-0.2, 0) is 0 Å². The molecule has 1 aromatic heterocycles. The Morgan fingerprint density at radius 3 is 2.95 bits per heavy atom. The number of aromatic nitrogens is 1. The van der Waals surface area contributed by atoms with Crippen LogP contribution in [0, 0.1) is 0 Å². The number of hydrogen-bond donors (Lipinski definition) is 1. The normalized spacial score (nSPS) is 22.4. The van der Waals surface area contributed by atoms with E-state index in [0.717, 1.165) is 18.7 Å². The minimum atomic E-state index is 0.0160. The van der Waals surface area contributed by atoms with Gasteiger partial charge in [-0.1, -0.05) is 6.42 Å². The molecule has 1 aliphatic rings. The maximum atomic E-state index is 12.3. The fourth-order valence-electron chi connectivity index (χ4n) is 2.56. The fraction of sp³-hybridized carbons (Fsp3) is 0.600. The van der Waals surface area contributed by atoms with E-state index in [4.69, 9.17) is 0 Å². The molecule has 1 N–H and O–H groups in total. The van der Waals surface area contributed by atoms with Crippen LogP contribution in [0.3, 0.4) is 0 Å². The third-order valence-corrected chi connectivity index (χ3v) is 4.86. The maximum Gasteiger partial charge on any atom is 0.251 e. The Kier molecular flexibility index (Phi) is 5.29. The quantitative estimate of drug-likeness (QED) is 0.926. The molecule has 1 heterocycles. The third-order valence-electron chi connectivity index (χ3n) is 3.76. The summed E-state index contributed by atoms with van der Waals surface area (Å²) in [6.45, 7) is 0. The van der Waals surface area contributed by atoms with Gasteiger partial charge in [-0.2, -0.15) is 11.8 Å². The Labute approximate surface area is 125 Å². The van der Waals surface area contributed by atoms with Gasteiger partial charge in [-0.25, -0.2) is 4.98 Å². The standard InChI is InChI=1S/C15H23N3OS/c1-18(2)14-9-11(7-8-16-14)15(19)17-12-5-4-6-13(10-12)20-3/h7-9,12-13H,4-6,10H2,1-3H3,(H,17,19)/t12-,13-/m0/s1. The molecule has 0 aliphatic heterocycles. The SMILES string of the molecule is CS[C@H]1CCC[C@H](NC(=O)c2ccnc(N(C)C)c2)C1. The van der Waals surface area contributed by atoms with Crippen molar-refractivity contribution >= 4 is 23.5 Å². The molecule has 4 nitrogen and oxygen atoms in total. The van der Waals surface area contributed by atoms with Crippen molar-refractivity contribution in [2.45, 2.75) is 37.0 Å². The number of carbonyl (C=O) groups is 1. The van der Waals surface area contributed by atoms with Gasteiger partial charge in [0.1, 0.15) is 5.82 Å². The molecular formula is C15H23N3OS. The molecule has 2 atom stereocenters. The van der Waals surface area contributed by atoms with Crippen LogP contribution in [0.15, 0.2) is 18.3 Å². The second kappa shape index (κ2) is 6.97. The van der Waals surface area contributed by atoms with Gasteiger partial charge in [0.25, 0.3) is 5.91 Å². The van der Waals surface area contributed by atoms with Crippen LogP contribution in [0.25, 0.3) is 0 Å². The van der Waals surface area contributed by atoms with Crippen molar-refractivity contribution in [3.8, 4) is 0 Å². The summed E-state index contributed by atoms with van der Waals surface area (Å²) in [6.07, 6.45) is 8.49. The predicted molar refractivity (Wildman–Crippen MR) is 85.6 cm³/mol. The molecule has 20 heavy (non-hydrogen) atoms. The molecule has 1 saturated carbocycles. The Bertz CT molecular complexity index is 464. The number of anilines is 1. The van der Waals surface area contributed by atoms with Crippen LogP contribution in [0.5, 0.6) is 0 Å². The second-order valence-electron chi connectivity index (χ2n) is 5.49. The predicted octanol–water partition coefficient (Wildman–Crippen LogP) is 2.55. The molecule has 1 fully saturated rings. The van der Waals surface area contributed by atoms with Crippen LogP contribution in [0.4, 0.5) is 5.82 Å². The van der Waals surface area contributed by atoms with Gasteiger partial charge < -0.3 is 10.2 Å². The molecule has 0 radical (unpaired) electrons.